The van der Waals surface area contributed by atoms with E-state index in [1.807, 2.05) is 6.92 Å². The number of ether oxygens (including phenoxy) is 1. The van der Waals surface area contributed by atoms with Crippen LogP contribution >= 0.6 is 22.9 Å². The fraction of sp³-hybridized carbons (Fsp3) is 0.500. The van der Waals surface area contributed by atoms with Crippen LogP contribution in [-0.2, 0) is 16.0 Å². The van der Waals surface area contributed by atoms with Crippen molar-refractivity contribution in [3.8, 4) is 0 Å². The molecule has 0 aromatic carbocycles. The number of anilines is 1. The molecule has 0 aliphatic carbocycles. The Hall–Kier alpha value is -1.07. The van der Waals surface area contributed by atoms with Gasteiger partial charge in [-0.25, -0.2) is 4.79 Å². The highest BCUT2D eigenvalue weighted by molar-refractivity contribution is 7.16. The van der Waals surface area contributed by atoms with Crippen molar-refractivity contribution in [2.24, 2.45) is 0 Å². The third kappa shape index (κ3) is 2.37. The number of esters is 1. The van der Waals surface area contributed by atoms with Gasteiger partial charge in [-0.2, -0.15) is 0 Å². The number of alkyl halides is 1. The van der Waals surface area contributed by atoms with Crippen LogP contribution in [-0.4, -0.2) is 30.9 Å². The van der Waals surface area contributed by atoms with E-state index in [9.17, 15) is 9.59 Å². The molecule has 0 saturated carbocycles. The predicted octanol–water partition coefficient (Wildman–Crippen LogP) is 2.44. The Bertz CT molecular complexity index is 486. The zero-order valence-corrected chi connectivity index (χ0v) is 11.8. The number of hydrogen-bond donors (Lipinski definition) is 0. The van der Waals surface area contributed by atoms with Crippen LogP contribution in [0, 0.1) is 0 Å². The summed E-state index contributed by atoms with van der Waals surface area (Å²) >= 11 is 7.44. The molecule has 1 saturated heterocycles. The van der Waals surface area contributed by atoms with Crippen molar-refractivity contribution in [2.75, 3.05) is 18.6 Å². The minimum absolute atomic E-state index is 0.0374. The first-order valence-electron chi connectivity index (χ1n) is 5.72. The Morgan fingerprint density at radius 1 is 1.67 bits per heavy atom. The number of thiophene rings is 1. The van der Waals surface area contributed by atoms with Crippen molar-refractivity contribution in [1.29, 1.82) is 0 Å². The van der Waals surface area contributed by atoms with Crippen LogP contribution < -0.4 is 4.90 Å². The zero-order chi connectivity index (χ0) is 13.3. The van der Waals surface area contributed by atoms with Crippen LogP contribution in [0.25, 0.3) is 0 Å². The second-order valence-corrected chi connectivity index (χ2v) is 5.81. The van der Waals surface area contributed by atoms with E-state index < -0.39 is 5.97 Å². The number of halogens is 1. The molecule has 4 nitrogen and oxygen atoms in total. The maximum Gasteiger partial charge on any atom is 0.340 e. The number of carbonyl (C=O) groups excluding carboxylic acids is 2. The van der Waals surface area contributed by atoms with Crippen molar-refractivity contribution in [3.05, 3.63) is 16.5 Å². The van der Waals surface area contributed by atoms with E-state index in [1.54, 1.807) is 11.0 Å². The molecule has 0 radical (unpaired) electrons. The summed E-state index contributed by atoms with van der Waals surface area (Å²) in [6.07, 6.45) is 1.14. The standard InChI is InChI=1S/C12H14ClNO3S/c1-3-8-5-9(12(16)17-2)11(18-8)14-6-7(13)4-10(14)15/h5,7H,3-4,6H2,1-2H3. The number of aryl methyl sites for hydroxylation is 1. The second-order valence-electron chi connectivity index (χ2n) is 4.08. The Morgan fingerprint density at radius 2 is 2.39 bits per heavy atom. The van der Waals surface area contributed by atoms with E-state index >= 15 is 0 Å². The van der Waals surface area contributed by atoms with Gasteiger partial charge in [-0.3, -0.25) is 4.79 Å². The van der Waals surface area contributed by atoms with E-state index in [4.69, 9.17) is 16.3 Å². The lowest BCUT2D eigenvalue weighted by Crippen LogP contribution is -2.25. The molecule has 1 atom stereocenters. The summed E-state index contributed by atoms with van der Waals surface area (Å²) in [6, 6.07) is 1.79. The largest absolute Gasteiger partial charge is 0.465 e. The number of nitrogens with zero attached hydrogens (tertiary/aromatic N) is 1. The van der Waals surface area contributed by atoms with Crippen LogP contribution in [0.2, 0.25) is 0 Å². The highest BCUT2D eigenvalue weighted by Crippen LogP contribution is 2.35. The molecule has 98 valence electrons. The van der Waals surface area contributed by atoms with Crippen molar-refractivity contribution in [2.45, 2.75) is 25.1 Å². The average molecular weight is 288 g/mol. The van der Waals surface area contributed by atoms with Gasteiger partial charge in [-0.1, -0.05) is 6.92 Å². The smallest absolute Gasteiger partial charge is 0.340 e. The topological polar surface area (TPSA) is 46.6 Å². The molecule has 0 N–H and O–H groups in total. The van der Waals surface area contributed by atoms with Crippen LogP contribution in [0.3, 0.4) is 0 Å². The third-order valence-electron chi connectivity index (χ3n) is 2.84. The Labute approximate surface area is 114 Å². The Morgan fingerprint density at radius 3 is 2.89 bits per heavy atom. The van der Waals surface area contributed by atoms with Crippen molar-refractivity contribution < 1.29 is 14.3 Å². The summed E-state index contributed by atoms with van der Waals surface area (Å²) in [5.74, 6) is -0.448. The molecule has 2 rings (SSSR count). The molecule has 18 heavy (non-hydrogen) atoms. The summed E-state index contributed by atoms with van der Waals surface area (Å²) < 4.78 is 4.75. The van der Waals surface area contributed by atoms with Gasteiger partial charge >= 0.3 is 5.97 Å². The highest BCUT2D eigenvalue weighted by Gasteiger charge is 2.33. The van der Waals surface area contributed by atoms with Gasteiger partial charge in [0.2, 0.25) is 5.91 Å². The lowest BCUT2D eigenvalue weighted by molar-refractivity contribution is -0.117. The van der Waals surface area contributed by atoms with Crippen molar-refractivity contribution in [3.63, 3.8) is 0 Å². The summed E-state index contributed by atoms with van der Waals surface area (Å²) in [5.41, 5.74) is 0.457. The van der Waals surface area contributed by atoms with E-state index in [2.05, 4.69) is 0 Å². The van der Waals surface area contributed by atoms with Gasteiger partial charge in [-0.05, 0) is 12.5 Å². The minimum Gasteiger partial charge on any atom is -0.465 e. The summed E-state index contributed by atoms with van der Waals surface area (Å²) in [5, 5.41) is 0.474. The maximum atomic E-state index is 11.8. The van der Waals surface area contributed by atoms with Crippen LogP contribution in [0.4, 0.5) is 5.00 Å². The number of rotatable bonds is 3. The number of carbonyl (C=O) groups is 2. The fourth-order valence-corrected chi connectivity index (χ4v) is 3.30. The second kappa shape index (κ2) is 5.28. The normalized spacial score (nSPS) is 19.4. The lowest BCUT2D eigenvalue weighted by atomic mass is 10.2. The summed E-state index contributed by atoms with van der Waals surface area (Å²) in [6.45, 7) is 2.46. The minimum atomic E-state index is -0.410. The Balaban J connectivity index is 2.39. The quantitative estimate of drug-likeness (QED) is 0.634. The molecule has 2 heterocycles. The monoisotopic (exact) mass is 287 g/mol. The number of amides is 1. The Kier molecular flexibility index (Phi) is 3.92. The van der Waals surface area contributed by atoms with Gasteiger partial charge < -0.3 is 9.64 Å². The van der Waals surface area contributed by atoms with Gasteiger partial charge in [-0.15, -0.1) is 22.9 Å². The van der Waals surface area contributed by atoms with Crippen molar-refractivity contribution in [1.82, 2.24) is 0 Å². The molecule has 1 aromatic rings. The van der Waals surface area contributed by atoms with E-state index in [0.29, 0.717) is 23.5 Å². The molecule has 1 aliphatic heterocycles. The maximum absolute atomic E-state index is 11.8. The van der Waals surface area contributed by atoms with E-state index in [1.165, 1.54) is 18.4 Å². The first-order valence-corrected chi connectivity index (χ1v) is 6.97. The van der Waals surface area contributed by atoms with E-state index in [-0.39, 0.29) is 11.3 Å². The highest BCUT2D eigenvalue weighted by atomic mass is 35.5. The predicted molar refractivity (Wildman–Crippen MR) is 71.6 cm³/mol. The lowest BCUT2D eigenvalue weighted by Gasteiger charge is -2.14. The van der Waals surface area contributed by atoms with Crippen LogP contribution in [0.1, 0.15) is 28.6 Å². The third-order valence-corrected chi connectivity index (χ3v) is 4.43. The number of hydrogen-bond acceptors (Lipinski definition) is 4. The van der Waals surface area contributed by atoms with E-state index in [0.717, 1.165) is 11.3 Å². The average Bonchev–Trinajstić information content (AvgIpc) is 2.91. The molecule has 6 heteroatoms. The fourth-order valence-electron chi connectivity index (χ4n) is 1.92. The van der Waals surface area contributed by atoms with Gasteiger partial charge in [0.05, 0.1) is 18.1 Å². The SMILES string of the molecule is CCc1cc(C(=O)OC)c(N2CC(Cl)CC2=O)s1. The van der Waals surface area contributed by atoms with Gasteiger partial charge in [0.15, 0.2) is 0 Å². The molecule has 1 fully saturated rings. The molecule has 1 unspecified atom stereocenters. The molecular weight excluding hydrogens is 274 g/mol. The summed E-state index contributed by atoms with van der Waals surface area (Å²) in [7, 11) is 1.34. The molecular formula is C12H14ClNO3S. The molecule has 1 amide bonds. The zero-order valence-electron chi connectivity index (χ0n) is 10.2. The van der Waals surface area contributed by atoms with Gasteiger partial charge in [0.1, 0.15) is 5.00 Å². The first-order chi connectivity index (χ1) is 8.56. The summed E-state index contributed by atoms with van der Waals surface area (Å²) in [4.78, 5) is 26.2. The van der Waals surface area contributed by atoms with Crippen molar-refractivity contribution >= 4 is 39.8 Å². The number of methoxy groups -OCH3 is 1. The van der Waals surface area contributed by atoms with Gasteiger partial charge in [0.25, 0.3) is 0 Å². The molecule has 1 aromatic heterocycles. The van der Waals surface area contributed by atoms with Gasteiger partial charge in [0, 0.05) is 17.8 Å². The molecule has 0 spiro atoms. The first kappa shape index (κ1) is 13.4. The van der Waals surface area contributed by atoms with Crippen LogP contribution in [0.15, 0.2) is 6.07 Å². The molecule has 1 aliphatic rings. The molecule has 0 bridgehead atoms. The van der Waals surface area contributed by atoms with Crippen LogP contribution in [0.5, 0.6) is 0 Å².